The number of rotatable bonds is 4. The highest BCUT2D eigenvalue weighted by atomic mass is 19.1. The van der Waals surface area contributed by atoms with Crippen LogP contribution in [0.5, 0.6) is 0 Å². The minimum Gasteiger partial charge on any atom is -0.357 e. The highest BCUT2D eigenvalue weighted by Gasteiger charge is 2.09. The largest absolute Gasteiger partial charge is 0.357 e. The zero-order valence-corrected chi connectivity index (χ0v) is 9.94. The molecule has 0 radical (unpaired) electrons. The first-order valence-electron chi connectivity index (χ1n) is 5.75. The third-order valence-electron chi connectivity index (χ3n) is 2.83. The van der Waals surface area contributed by atoms with Gasteiger partial charge in [-0.3, -0.25) is 0 Å². The Bertz CT molecular complexity index is 490. The summed E-state index contributed by atoms with van der Waals surface area (Å²) in [7, 11) is 1.98. The topological polar surface area (TPSA) is 30.9 Å². The molecule has 0 saturated heterocycles. The fourth-order valence-electron chi connectivity index (χ4n) is 2.00. The number of aryl methyl sites for hydroxylation is 1. The molecule has 0 bridgehead atoms. The first kappa shape index (κ1) is 11.9. The molecule has 0 aliphatic heterocycles. The number of aromatic nitrogens is 1. The monoisotopic (exact) mass is 232 g/mol. The molecule has 1 atom stereocenters. The number of hydrogen-bond acceptors (Lipinski definition) is 1. The molecule has 17 heavy (non-hydrogen) atoms. The van der Waals surface area contributed by atoms with Crippen LogP contribution in [0.2, 0.25) is 0 Å². The van der Waals surface area contributed by atoms with Gasteiger partial charge in [-0.1, -0.05) is 18.2 Å². The Morgan fingerprint density at radius 3 is 2.65 bits per heavy atom. The number of benzene rings is 1. The van der Waals surface area contributed by atoms with Gasteiger partial charge in [-0.15, -0.1) is 0 Å². The molecule has 0 fully saturated rings. The van der Waals surface area contributed by atoms with Crippen molar-refractivity contribution in [3.05, 3.63) is 59.7 Å². The predicted molar refractivity (Wildman–Crippen MR) is 67.2 cm³/mol. The summed E-state index contributed by atoms with van der Waals surface area (Å²) in [6, 6.07) is 8.80. The summed E-state index contributed by atoms with van der Waals surface area (Å²) >= 11 is 0. The van der Waals surface area contributed by atoms with Gasteiger partial charge in [0.1, 0.15) is 5.82 Å². The van der Waals surface area contributed by atoms with Gasteiger partial charge in [-0.2, -0.15) is 0 Å². The molecule has 3 heteroatoms. The fourth-order valence-corrected chi connectivity index (χ4v) is 2.00. The average Bonchev–Trinajstić information content (AvgIpc) is 2.67. The Morgan fingerprint density at radius 1 is 1.24 bits per heavy atom. The third-order valence-corrected chi connectivity index (χ3v) is 2.83. The van der Waals surface area contributed by atoms with Gasteiger partial charge in [0.25, 0.3) is 0 Å². The van der Waals surface area contributed by atoms with E-state index < -0.39 is 0 Å². The van der Waals surface area contributed by atoms with Crippen LogP contribution in [-0.4, -0.2) is 10.6 Å². The van der Waals surface area contributed by atoms with Crippen LogP contribution >= 0.6 is 0 Å². The molecule has 0 spiro atoms. The van der Waals surface area contributed by atoms with Crippen molar-refractivity contribution in [2.45, 2.75) is 18.9 Å². The molecule has 0 aliphatic rings. The Balaban J connectivity index is 1.98. The van der Waals surface area contributed by atoms with Gasteiger partial charge in [0.15, 0.2) is 0 Å². The van der Waals surface area contributed by atoms with E-state index in [1.807, 2.05) is 36.1 Å². The fraction of sp³-hybridized carbons (Fsp3) is 0.286. The van der Waals surface area contributed by atoms with Crippen LogP contribution < -0.4 is 5.73 Å². The summed E-state index contributed by atoms with van der Waals surface area (Å²) in [5.74, 6) is -0.170. The molecule has 1 heterocycles. The summed E-state index contributed by atoms with van der Waals surface area (Å²) in [6.07, 6.45) is 5.38. The first-order chi connectivity index (χ1) is 8.15. The van der Waals surface area contributed by atoms with E-state index in [1.54, 1.807) is 12.1 Å². The van der Waals surface area contributed by atoms with Crippen LogP contribution in [-0.2, 0) is 19.9 Å². The summed E-state index contributed by atoms with van der Waals surface area (Å²) in [5, 5.41) is 0. The molecule has 2 N–H and O–H groups in total. The maximum Gasteiger partial charge on any atom is 0.126 e. The van der Waals surface area contributed by atoms with Crippen LogP contribution in [0.3, 0.4) is 0 Å². The molecule has 1 aromatic heterocycles. The summed E-state index contributed by atoms with van der Waals surface area (Å²) < 4.78 is 15.4. The van der Waals surface area contributed by atoms with Gasteiger partial charge in [0, 0.05) is 25.5 Å². The smallest absolute Gasteiger partial charge is 0.126 e. The minimum atomic E-state index is -0.170. The zero-order chi connectivity index (χ0) is 12.3. The molecule has 0 saturated carbocycles. The highest BCUT2D eigenvalue weighted by Crippen LogP contribution is 2.11. The van der Waals surface area contributed by atoms with E-state index in [9.17, 15) is 4.39 Å². The van der Waals surface area contributed by atoms with Crippen molar-refractivity contribution in [3.63, 3.8) is 0 Å². The lowest BCUT2D eigenvalue weighted by Gasteiger charge is -2.11. The van der Waals surface area contributed by atoms with E-state index in [0.29, 0.717) is 12.0 Å². The van der Waals surface area contributed by atoms with Crippen LogP contribution in [0.4, 0.5) is 4.39 Å². The molecule has 2 aromatic rings. The van der Waals surface area contributed by atoms with E-state index in [2.05, 4.69) is 0 Å². The number of hydrogen-bond donors (Lipinski definition) is 1. The summed E-state index contributed by atoms with van der Waals surface area (Å²) in [6.45, 7) is 0. The normalized spacial score (nSPS) is 12.6. The van der Waals surface area contributed by atoms with Crippen LogP contribution in [0.25, 0.3) is 0 Å². The number of nitrogens with zero attached hydrogens (tertiary/aromatic N) is 1. The average molecular weight is 232 g/mol. The lowest BCUT2D eigenvalue weighted by molar-refractivity contribution is 0.584. The predicted octanol–water partition coefficient (Wildman–Crippen LogP) is 2.28. The quantitative estimate of drug-likeness (QED) is 0.861. The van der Waals surface area contributed by atoms with E-state index >= 15 is 0 Å². The molecule has 2 nitrogen and oxygen atoms in total. The molecule has 0 amide bonds. The van der Waals surface area contributed by atoms with E-state index in [4.69, 9.17) is 5.73 Å². The van der Waals surface area contributed by atoms with Crippen molar-refractivity contribution >= 4 is 0 Å². The number of halogens is 1. The first-order valence-corrected chi connectivity index (χ1v) is 5.75. The van der Waals surface area contributed by atoms with Gasteiger partial charge in [-0.05, 0) is 36.1 Å². The van der Waals surface area contributed by atoms with Crippen molar-refractivity contribution in [3.8, 4) is 0 Å². The summed E-state index contributed by atoms with van der Waals surface area (Å²) in [5.41, 5.74) is 7.92. The van der Waals surface area contributed by atoms with Crippen molar-refractivity contribution < 1.29 is 4.39 Å². The zero-order valence-electron chi connectivity index (χ0n) is 9.94. The van der Waals surface area contributed by atoms with Crippen LogP contribution in [0.15, 0.2) is 42.7 Å². The molecular weight excluding hydrogens is 215 g/mol. The standard InChI is InChI=1S/C14H17FN2/c1-17-7-6-11(10-17)8-13(16)9-12-4-2-3-5-14(12)15/h2-7,10,13H,8-9,16H2,1H3. The van der Waals surface area contributed by atoms with Crippen LogP contribution in [0, 0.1) is 5.82 Å². The maximum absolute atomic E-state index is 13.4. The number of nitrogens with two attached hydrogens (primary N) is 1. The van der Waals surface area contributed by atoms with Gasteiger partial charge < -0.3 is 10.3 Å². The van der Waals surface area contributed by atoms with E-state index in [1.165, 1.54) is 11.6 Å². The van der Waals surface area contributed by atoms with Gasteiger partial charge in [0.2, 0.25) is 0 Å². The van der Waals surface area contributed by atoms with Crippen molar-refractivity contribution in [1.29, 1.82) is 0 Å². The lowest BCUT2D eigenvalue weighted by Crippen LogP contribution is -2.25. The Morgan fingerprint density at radius 2 is 2.00 bits per heavy atom. The van der Waals surface area contributed by atoms with Crippen LogP contribution in [0.1, 0.15) is 11.1 Å². The van der Waals surface area contributed by atoms with Crippen molar-refractivity contribution in [2.24, 2.45) is 12.8 Å². The molecule has 90 valence electrons. The Kier molecular flexibility index (Phi) is 3.59. The highest BCUT2D eigenvalue weighted by molar-refractivity contribution is 5.19. The molecular formula is C14H17FN2. The van der Waals surface area contributed by atoms with E-state index in [0.717, 1.165) is 6.42 Å². The SMILES string of the molecule is Cn1ccc(CC(N)Cc2ccccc2F)c1. The Hall–Kier alpha value is -1.61. The van der Waals surface area contributed by atoms with Crippen molar-refractivity contribution in [1.82, 2.24) is 4.57 Å². The maximum atomic E-state index is 13.4. The third kappa shape index (κ3) is 3.17. The lowest BCUT2D eigenvalue weighted by atomic mass is 10.0. The second-order valence-electron chi connectivity index (χ2n) is 4.44. The molecule has 1 aromatic carbocycles. The van der Waals surface area contributed by atoms with E-state index in [-0.39, 0.29) is 11.9 Å². The van der Waals surface area contributed by atoms with Gasteiger partial charge in [0.05, 0.1) is 0 Å². The summed E-state index contributed by atoms with van der Waals surface area (Å²) in [4.78, 5) is 0. The second-order valence-corrected chi connectivity index (χ2v) is 4.44. The molecule has 1 unspecified atom stereocenters. The molecule has 2 rings (SSSR count). The second kappa shape index (κ2) is 5.15. The van der Waals surface area contributed by atoms with Gasteiger partial charge in [-0.25, -0.2) is 4.39 Å². The Labute approximate surface area is 101 Å². The molecule has 0 aliphatic carbocycles. The van der Waals surface area contributed by atoms with Gasteiger partial charge >= 0.3 is 0 Å². The minimum absolute atomic E-state index is 0.0469. The van der Waals surface area contributed by atoms with Crippen molar-refractivity contribution in [2.75, 3.05) is 0 Å².